The van der Waals surface area contributed by atoms with Crippen LogP contribution in [0.15, 0.2) is 30.3 Å². The number of benzene rings is 2. The van der Waals surface area contributed by atoms with E-state index >= 15 is 0 Å². The summed E-state index contributed by atoms with van der Waals surface area (Å²) < 4.78 is 0. The molecule has 0 fully saturated rings. The van der Waals surface area contributed by atoms with Gasteiger partial charge in [0.15, 0.2) is 0 Å². The van der Waals surface area contributed by atoms with Crippen LogP contribution in [0.1, 0.15) is 45.0 Å². The highest BCUT2D eigenvalue weighted by molar-refractivity contribution is 5.45. The summed E-state index contributed by atoms with van der Waals surface area (Å²) in [5.41, 5.74) is 11.9. The second-order valence-electron chi connectivity index (χ2n) is 5.83. The van der Waals surface area contributed by atoms with Crippen LogP contribution in [-0.4, -0.2) is 0 Å². The molecule has 2 heteroatoms. The third-order valence-electron chi connectivity index (χ3n) is 3.77. The van der Waals surface area contributed by atoms with Gasteiger partial charge in [0.25, 0.3) is 0 Å². The zero-order chi connectivity index (χ0) is 14.9. The van der Waals surface area contributed by atoms with Crippen molar-refractivity contribution in [2.45, 2.75) is 40.7 Å². The van der Waals surface area contributed by atoms with Crippen molar-refractivity contribution in [3.05, 3.63) is 69.3 Å². The SMILES string of the molecule is Cc1cc(C)cc(C(NN)c2c(C)cc(C)cc2C)c1. The summed E-state index contributed by atoms with van der Waals surface area (Å²) in [6.07, 6.45) is 0. The van der Waals surface area contributed by atoms with Gasteiger partial charge in [-0.2, -0.15) is 0 Å². The van der Waals surface area contributed by atoms with E-state index < -0.39 is 0 Å². The fourth-order valence-electron chi connectivity index (χ4n) is 3.17. The number of aryl methyl sites for hydroxylation is 5. The minimum atomic E-state index is 0.0363. The first-order chi connectivity index (χ1) is 9.42. The normalized spacial score (nSPS) is 12.5. The topological polar surface area (TPSA) is 38.0 Å². The zero-order valence-electron chi connectivity index (χ0n) is 13.0. The van der Waals surface area contributed by atoms with E-state index in [0.717, 1.165) is 0 Å². The summed E-state index contributed by atoms with van der Waals surface area (Å²) in [4.78, 5) is 0. The Morgan fingerprint density at radius 2 is 1.20 bits per heavy atom. The zero-order valence-corrected chi connectivity index (χ0v) is 13.0. The van der Waals surface area contributed by atoms with Gasteiger partial charge in [-0.05, 0) is 56.9 Å². The van der Waals surface area contributed by atoms with Crippen molar-refractivity contribution >= 4 is 0 Å². The Bertz CT molecular complexity index is 586. The fraction of sp³-hybridized carbons (Fsp3) is 0.333. The van der Waals surface area contributed by atoms with Crippen LogP contribution in [0.25, 0.3) is 0 Å². The molecule has 0 aliphatic heterocycles. The van der Waals surface area contributed by atoms with Gasteiger partial charge in [-0.15, -0.1) is 0 Å². The lowest BCUT2D eigenvalue weighted by Gasteiger charge is -2.23. The predicted molar refractivity (Wildman–Crippen MR) is 85.7 cm³/mol. The number of hydrazine groups is 1. The van der Waals surface area contributed by atoms with Crippen LogP contribution >= 0.6 is 0 Å². The molecule has 1 unspecified atom stereocenters. The number of hydrogen-bond donors (Lipinski definition) is 2. The van der Waals surface area contributed by atoms with Crippen molar-refractivity contribution < 1.29 is 0 Å². The number of nitrogens with two attached hydrogens (primary N) is 1. The lowest BCUT2D eigenvalue weighted by atomic mass is 9.89. The quantitative estimate of drug-likeness (QED) is 0.656. The molecule has 106 valence electrons. The van der Waals surface area contributed by atoms with E-state index in [-0.39, 0.29) is 6.04 Å². The Hall–Kier alpha value is -1.64. The first-order valence-electron chi connectivity index (χ1n) is 7.04. The van der Waals surface area contributed by atoms with Crippen LogP contribution in [0.3, 0.4) is 0 Å². The maximum atomic E-state index is 5.86. The van der Waals surface area contributed by atoms with Crippen molar-refractivity contribution in [2.75, 3.05) is 0 Å². The first-order valence-corrected chi connectivity index (χ1v) is 7.04. The van der Waals surface area contributed by atoms with E-state index in [2.05, 4.69) is 70.4 Å². The smallest absolute Gasteiger partial charge is 0.0715 e. The molecule has 0 heterocycles. The molecule has 0 saturated carbocycles. The van der Waals surface area contributed by atoms with E-state index in [1.807, 2.05) is 0 Å². The molecule has 0 amide bonds. The maximum Gasteiger partial charge on any atom is 0.0715 e. The average molecular weight is 268 g/mol. The molecular formula is C18H24N2. The van der Waals surface area contributed by atoms with E-state index in [9.17, 15) is 0 Å². The molecule has 0 aliphatic carbocycles. The minimum Gasteiger partial charge on any atom is -0.271 e. The Morgan fingerprint density at radius 3 is 1.65 bits per heavy atom. The molecule has 2 aromatic rings. The first kappa shape index (κ1) is 14.8. The fourth-order valence-corrected chi connectivity index (χ4v) is 3.17. The molecular weight excluding hydrogens is 244 g/mol. The maximum absolute atomic E-state index is 5.86. The van der Waals surface area contributed by atoms with Crippen molar-refractivity contribution in [3.8, 4) is 0 Å². The van der Waals surface area contributed by atoms with Gasteiger partial charge in [-0.3, -0.25) is 5.84 Å². The molecule has 0 aliphatic rings. The molecule has 2 rings (SSSR count). The van der Waals surface area contributed by atoms with Gasteiger partial charge in [0.1, 0.15) is 0 Å². The highest BCUT2D eigenvalue weighted by Crippen LogP contribution is 2.29. The van der Waals surface area contributed by atoms with Gasteiger partial charge in [0.05, 0.1) is 6.04 Å². The van der Waals surface area contributed by atoms with Gasteiger partial charge in [0, 0.05) is 0 Å². The lowest BCUT2D eigenvalue weighted by molar-refractivity contribution is 0.629. The molecule has 0 spiro atoms. The standard InChI is InChI=1S/C18H24N2/c1-11-6-12(2)10-16(9-11)18(20-19)17-14(4)7-13(3)8-15(17)5/h6-10,18,20H,19H2,1-5H3. The van der Waals surface area contributed by atoms with Crippen molar-refractivity contribution in [2.24, 2.45) is 5.84 Å². The Morgan fingerprint density at radius 1 is 0.750 bits per heavy atom. The van der Waals surface area contributed by atoms with Crippen LogP contribution in [0.2, 0.25) is 0 Å². The third-order valence-corrected chi connectivity index (χ3v) is 3.77. The summed E-state index contributed by atoms with van der Waals surface area (Å²) in [7, 11) is 0. The third kappa shape index (κ3) is 2.92. The molecule has 0 aromatic heterocycles. The predicted octanol–water partition coefficient (Wildman–Crippen LogP) is 3.78. The van der Waals surface area contributed by atoms with Crippen LogP contribution in [-0.2, 0) is 0 Å². The Kier molecular flexibility index (Phi) is 4.26. The number of nitrogens with one attached hydrogen (secondary N) is 1. The molecule has 1 atom stereocenters. The average Bonchev–Trinajstić information content (AvgIpc) is 2.32. The van der Waals surface area contributed by atoms with Gasteiger partial charge in [-0.25, -0.2) is 5.43 Å². The summed E-state index contributed by atoms with van der Waals surface area (Å²) in [6, 6.07) is 11.1. The van der Waals surface area contributed by atoms with Crippen LogP contribution in [0.5, 0.6) is 0 Å². The van der Waals surface area contributed by atoms with E-state index in [4.69, 9.17) is 5.84 Å². The van der Waals surface area contributed by atoms with Crippen molar-refractivity contribution in [1.29, 1.82) is 0 Å². The molecule has 20 heavy (non-hydrogen) atoms. The van der Waals surface area contributed by atoms with E-state index in [0.29, 0.717) is 0 Å². The van der Waals surface area contributed by atoms with E-state index in [1.165, 1.54) is 38.9 Å². The minimum absolute atomic E-state index is 0.0363. The van der Waals surface area contributed by atoms with Crippen LogP contribution in [0, 0.1) is 34.6 Å². The van der Waals surface area contributed by atoms with Crippen LogP contribution < -0.4 is 11.3 Å². The van der Waals surface area contributed by atoms with Gasteiger partial charge in [-0.1, -0.05) is 47.0 Å². The van der Waals surface area contributed by atoms with E-state index in [1.54, 1.807) is 0 Å². The van der Waals surface area contributed by atoms with Gasteiger partial charge < -0.3 is 0 Å². The molecule has 0 saturated heterocycles. The van der Waals surface area contributed by atoms with Gasteiger partial charge >= 0.3 is 0 Å². The summed E-state index contributed by atoms with van der Waals surface area (Å²) in [5, 5.41) is 0. The molecule has 0 bridgehead atoms. The highest BCUT2D eigenvalue weighted by Gasteiger charge is 2.17. The monoisotopic (exact) mass is 268 g/mol. The van der Waals surface area contributed by atoms with Gasteiger partial charge in [0.2, 0.25) is 0 Å². The molecule has 2 aromatic carbocycles. The second-order valence-corrected chi connectivity index (χ2v) is 5.83. The Balaban J connectivity index is 2.58. The summed E-state index contributed by atoms with van der Waals surface area (Å²) in [5.74, 6) is 5.86. The van der Waals surface area contributed by atoms with Crippen LogP contribution in [0.4, 0.5) is 0 Å². The molecule has 0 radical (unpaired) electrons. The Labute approximate surface area is 122 Å². The molecule has 3 N–H and O–H groups in total. The van der Waals surface area contributed by atoms with Crippen molar-refractivity contribution in [1.82, 2.24) is 5.43 Å². The van der Waals surface area contributed by atoms with Crippen molar-refractivity contribution in [3.63, 3.8) is 0 Å². The summed E-state index contributed by atoms with van der Waals surface area (Å²) in [6.45, 7) is 10.7. The highest BCUT2D eigenvalue weighted by atomic mass is 15.2. The lowest BCUT2D eigenvalue weighted by Crippen LogP contribution is -2.30. The number of rotatable bonds is 3. The summed E-state index contributed by atoms with van der Waals surface area (Å²) >= 11 is 0. The second kappa shape index (κ2) is 5.78. The molecule has 2 nitrogen and oxygen atoms in total. The number of hydrogen-bond acceptors (Lipinski definition) is 2. The largest absolute Gasteiger partial charge is 0.271 e.